The number of hydrogen-bond donors (Lipinski definition) is 2. The average Bonchev–Trinajstić information content (AvgIpc) is 2.81. The fraction of sp³-hybridized carbons (Fsp3) is 0.818. The molecule has 6 heteroatoms. The molecule has 0 spiro atoms. The summed E-state index contributed by atoms with van der Waals surface area (Å²) >= 11 is 1.73. The second-order valence-electron chi connectivity index (χ2n) is 4.51. The van der Waals surface area contributed by atoms with Gasteiger partial charge in [0, 0.05) is 18.1 Å². The average molecular weight is 258 g/mol. The molecule has 2 saturated heterocycles. The first kappa shape index (κ1) is 12.7. The fourth-order valence-electron chi connectivity index (χ4n) is 2.41. The van der Waals surface area contributed by atoms with Crippen LogP contribution in [0.25, 0.3) is 0 Å². The first-order valence-corrected chi connectivity index (χ1v) is 7.17. The van der Waals surface area contributed by atoms with Crippen LogP contribution in [-0.2, 0) is 9.59 Å². The number of thioether (sulfide) groups is 1. The summed E-state index contributed by atoms with van der Waals surface area (Å²) in [5.41, 5.74) is 0. The number of carboxylic acid groups (broad SMARTS) is 1. The van der Waals surface area contributed by atoms with Gasteiger partial charge in [0.1, 0.15) is 0 Å². The van der Waals surface area contributed by atoms with Crippen LogP contribution in [0.15, 0.2) is 0 Å². The number of nitrogens with one attached hydrogen (secondary N) is 1. The van der Waals surface area contributed by atoms with Gasteiger partial charge in [0.25, 0.3) is 0 Å². The number of hydrogen-bond acceptors (Lipinski definition) is 4. The van der Waals surface area contributed by atoms with Gasteiger partial charge >= 0.3 is 5.97 Å². The van der Waals surface area contributed by atoms with Crippen LogP contribution >= 0.6 is 11.8 Å². The molecule has 0 bridgehead atoms. The number of nitrogens with zero attached hydrogens (tertiary/aromatic N) is 1. The molecule has 2 heterocycles. The van der Waals surface area contributed by atoms with Crippen molar-refractivity contribution < 1.29 is 14.7 Å². The summed E-state index contributed by atoms with van der Waals surface area (Å²) in [6, 6.07) is -0.226. The fourth-order valence-corrected chi connectivity index (χ4v) is 3.47. The number of carboxylic acids is 1. The first-order valence-electron chi connectivity index (χ1n) is 6.02. The van der Waals surface area contributed by atoms with E-state index in [1.807, 2.05) is 0 Å². The van der Waals surface area contributed by atoms with Crippen molar-refractivity contribution in [3.63, 3.8) is 0 Å². The van der Waals surface area contributed by atoms with Crippen molar-refractivity contribution in [3.05, 3.63) is 0 Å². The molecule has 2 fully saturated rings. The van der Waals surface area contributed by atoms with E-state index in [0.717, 1.165) is 30.9 Å². The Morgan fingerprint density at radius 2 is 2.29 bits per heavy atom. The van der Waals surface area contributed by atoms with Crippen LogP contribution in [0.1, 0.15) is 19.3 Å². The Labute approximate surface area is 105 Å². The minimum Gasteiger partial charge on any atom is -0.481 e. The molecular weight excluding hydrogens is 240 g/mol. The summed E-state index contributed by atoms with van der Waals surface area (Å²) in [5.74, 6) is 0.919. The Bertz CT molecular complexity index is 305. The molecule has 0 aromatic heterocycles. The third kappa shape index (κ3) is 3.13. The summed E-state index contributed by atoms with van der Waals surface area (Å²) in [5, 5.41) is 12.0. The van der Waals surface area contributed by atoms with Crippen LogP contribution in [0.4, 0.5) is 0 Å². The SMILES string of the molecule is O=C(O)CC1CSCCN1C(=O)C1CCCN1. The van der Waals surface area contributed by atoms with E-state index in [1.165, 1.54) is 0 Å². The van der Waals surface area contributed by atoms with E-state index < -0.39 is 5.97 Å². The van der Waals surface area contributed by atoms with Gasteiger partial charge in [0.2, 0.25) is 5.91 Å². The zero-order valence-electron chi connectivity index (χ0n) is 9.72. The van der Waals surface area contributed by atoms with Crippen molar-refractivity contribution in [2.75, 3.05) is 24.6 Å². The molecule has 2 N–H and O–H groups in total. The molecule has 2 atom stereocenters. The molecule has 2 aliphatic heterocycles. The Morgan fingerprint density at radius 3 is 2.94 bits per heavy atom. The molecule has 0 aromatic carbocycles. The van der Waals surface area contributed by atoms with E-state index >= 15 is 0 Å². The van der Waals surface area contributed by atoms with Crippen molar-refractivity contribution in [2.24, 2.45) is 0 Å². The highest BCUT2D eigenvalue weighted by Gasteiger charge is 2.33. The molecule has 0 aliphatic carbocycles. The third-order valence-corrected chi connectivity index (χ3v) is 4.37. The van der Waals surface area contributed by atoms with E-state index in [1.54, 1.807) is 16.7 Å². The number of aliphatic carboxylic acids is 1. The number of amides is 1. The van der Waals surface area contributed by atoms with E-state index in [0.29, 0.717) is 6.54 Å². The molecule has 2 unspecified atom stereocenters. The molecule has 17 heavy (non-hydrogen) atoms. The smallest absolute Gasteiger partial charge is 0.305 e. The van der Waals surface area contributed by atoms with Crippen molar-refractivity contribution >= 4 is 23.6 Å². The van der Waals surface area contributed by atoms with Gasteiger partial charge in [-0.1, -0.05) is 0 Å². The second-order valence-corrected chi connectivity index (χ2v) is 5.66. The van der Waals surface area contributed by atoms with Crippen LogP contribution in [0.3, 0.4) is 0 Å². The maximum atomic E-state index is 12.3. The van der Waals surface area contributed by atoms with E-state index in [-0.39, 0.29) is 24.4 Å². The van der Waals surface area contributed by atoms with Gasteiger partial charge in [0.05, 0.1) is 18.5 Å². The molecule has 2 aliphatic rings. The van der Waals surface area contributed by atoms with Crippen LogP contribution in [-0.4, -0.2) is 58.6 Å². The standard InChI is InChI=1S/C11H18N2O3S/c14-10(15)6-8-7-17-5-4-13(8)11(16)9-2-1-3-12-9/h8-9,12H,1-7H2,(H,14,15). The lowest BCUT2D eigenvalue weighted by molar-refractivity contribution is -0.141. The van der Waals surface area contributed by atoms with Gasteiger partial charge in [-0.25, -0.2) is 0 Å². The molecule has 0 radical (unpaired) electrons. The van der Waals surface area contributed by atoms with Crippen molar-refractivity contribution in [2.45, 2.75) is 31.3 Å². The predicted octanol–water partition coefficient (Wildman–Crippen LogP) is 0.157. The quantitative estimate of drug-likeness (QED) is 0.754. The van der Waals surface area contributed by atoms with Crippen LogP contribution in [0.2, 0.25) is 0 Å². The van der Waals surface area contributed by atoms with E-state index in [4.69, 9.17) is 5.11 Å². The van der Waals surface area contributed by atoms with E-state index in [2.05, 4.69) is 5.32 Å². The first-order chi connectivity index (χ1) is 8.18. The molecule has 0 aromatic rings. The largest absolute Gasteiger partial charge is 0.481 e. The number of carbonyl (C=O) groups excluding carboxylic acids is 1. The summed E-state index contributed by atoms with van der Waals surface area (Å²) in [6.07, 6.45) is 1.97. The zero-order chi connectivity index (χ0) is 12.3. The third-order valence-electron chi connectivity index (χ3n) is 3.28. The lowest BCUT2D eigenvalue weighted by Crippen LogP contribution is -2.52. The van der Waals surface area contributed by atoms with Crippen LogP contribution < -0.4 is 5.32 Å². The summed E-state index contributed by atoms with van der Waals surface area (Å²) in [7, 11) is 0. The summed E-state index contributed by atoms with van der Waals surface area (Å²) in [4.78, 5) is 24.8. The molecule has 0 saturated carbocycles. The van der Waals surface area contributed by atoms with Crippen LogP contribution in [0.5, 0.6) is 0 Å². The number of carbonyl (C=O) groups is 2. The Kier molecular flexibility index (Phi) is 4.28. The lowest BCUT2D eigenvalue weighted by atomic mass is 10.1. The minimum atomic E-state index is -0.824. The van der Waals surface area contributed by atoms with Gasteiger partial charge in [-0.15, -0.1) is 0 Å². The normalized spacial score (nSPS) is 29.3. The van der Waals surface area contributed by atoms with E-state index in [9.17, 15) is 9.59 Å². The highest BCUT2D eigenvalue weighted by Crippen LogP contribution is 2.21. The maximum absolute atomic E-state index is 12.3. The summed E-state index contributed by atoms with van der Waals surface area (Å²) in [6.45, 7) is 1.57. The van der Waals surface area contributed by atoms with Gasteiger partial charge in [-0.05, 0) is 19.4 Å². The topological polar surface area (TPSA) is 69.6 Å². The van der Waals surface area contributed by atoms with Crippen molar-refractivity contribution in [3.8, 4) is 0 Å². The molecule has 2 rings (SSSR count). The Balaban J connectivity index is 1.99. The molecule has 96 valence electrons. The molecule has 5 nitrogen and oxygen atoms in total. The van der Waals surface area contributed by atoms with Gasteiger partial charge < -0.3 is 15.3 Å². The second kappa shape index (κ2) is 5.73. The molecular formula is C11H18N2O3S. The maximum Gasteiger partial charge on any atom is 0.305 e. The predicted molar refractivity (Wildman–Crippen MR) is 66.1 cm³/mol. The number of rotatable bonds is 3. The molecule has 1 amide bonds. The van der Waals surface area contributed by atoms with Gasteiger partial charge in [-0.2, -0.15) is 11.8 Å². The lowest BCUT2D eigenvalue weighted by Gasteiger charge is -2.36. The Morgan fingerprint density at radius 1 is 1.47 bits per heavy atom. The monoisotopic (exact) mass is 258 g/mol. The zero-order valence-corrected chi connectivity index (χ0v) is 10.5. The van der Waals surface area contributed by atoms with Gasteiger partial charge in [0.15, 0.2) is 0 Å². The highest BCUT2D eigenvalue weighted by molar-refractivity contribution is 7.99. The van der Waals surface area contributed by atoms with Gasteiger partial charge in [-0.3, -0.25) is 9.59 Å². The minimum absolute atomic E-state index is 0.0610. The van der Waals surface area contributed by atoms with Crippen molar-refractivity contribution in [1.29, 1.82) is 0 Å². The highest BCUT2D eigenvalue weighted by atomic mass is 32.2. The Hall–Kier alpha value is -0.750. The van der Waals surface area contributed by atoms with Crippen molar-refractivity contribution in [1.82, 2.24) is 10.2 Å². The summed E-state index contributed by atoms with van der Waals surface area (Å²) < 4.78 is 0. The van der Waals surface area contributed by atoms with Crippen LogP contribution in [0, 0.1) is 0 Å².